The molecule has 2 atom stereocenters. The Bertz CT molecular complexity index is 550. The lowest BCUT2D eigenvalue weighted by Crippen LogP contribution is -2.20. The Balaban J connectivity index is 1.97. The molecule has 0 N–H and O–H groups in total. The molecule has 98 valence electrons. The third-order valence-corrected chi connectivity index (χ3v) is 3.56. The van der Waals surface area contributed by atoms with E-state index < -0.39 is 0 Å². The molecule has 0 aromatic heterocycles. The topological polar surface area (TPSA) is 12.5 Å². The summed E-state index contributed by atoms with van der Waals surface area (Å²) in [5, 5.41) is 0. The number of fused-ring (bicyclic) bond motifs is 1. The fraction of sp³-hybridized carbons (Fsp3) is 0.294. The summed E-state index contributed by atoms with van der Waals surface area (Å²) < 4.78 is 6.29. The molecule has 1 aliphatic heterocycles. The minimum atomic E-state index is 0.0716. The van der Waals surface area contributed by atoms with Crippen LogP contribution in [-0.4, -0.2) is 25.5 Å². The maximum atomic E-state index is 6.29. The molecule has 0 unspecified atom stereocenters. The van der Waals surface area contributed by atoms with Gasteiger partial charge in [0.1, 0.15) is 6.10 Å². The molecule has 2 aromatic carbocycles. The Hall–Kier alpha value is -1.64. The summed E-state index contributed by atoms with van der Waals surface area (Å²) in [6, 6.07) is 19.0. The Morgan fingerprint density at radius 3 is 2.21 bits per heavy atom. The predicted molar refractivity (Wildman–Crippen MR) is 77.1 cm³/mol. The number of benzene rings is 2. The number of rotatable bonds is 3. The van der Waals surface area contributed by atoms with E-state index in [1.807, 2.05) is 6.07 Å². The second-order valence-electron chi connectivity index (χ2n) is 5.31. The second kappa shape index (κ2) is 5.16. The lowest BCUT2D eigenvalue weighted by atomic mass is 9.97. The number of likely N-dealkylation sites (N-methyl/N-ethyl adjacent to an activating group) is 1. The monoisotopic (exact) mass is 253 g/mol. The fourth-order valence-corrected chi connectivity index (χ4v) is 2.71. The number of nitrogens with zero attached hydrogens (tertiary/aromatic N) is 1. The summed E-state index contributed by atoms with van der Waals surface area (Å²) in [6.45, 7) is 0.917. The maximum Gasteiger partial charge on any atom is 0.109 e. The van der Waals surface area contributed by atoms with E-state index >= 15 is 0 Å². The van der Waals surface area contributed by atoms with E-state index in [9.17, 15) is 0 Å². The van der Waals surface area contributed by atoms with E-state index in [1.165, 1.54) is 16.7 Å². The van der Waals surface area contributed by atoms with Crippen molar-refractivity contribution in [2.45, 2.75) is 12.2 Å². The molecule has 2 heteroatoms. The average molecular weight is 253 g/mol. The zero-order valence-electron chi connectivity index (χ0n) is 11.4. The number of hydrogen-bond donors (Lipinski definition) is 0. The molecular formula is C17H19NO. The number of hydrogen-bond acceptors (Lipinski definition) is 2. The van der Waals surface area contributed by atoms with Crippen molar-refractivity contribution in [3.8, 4) is 0 Å². The van der Waals surface area contributed by atoms with E-state index in [1.54, 1.807) is 0 Å². The van der Waals surface area contributed by atoms with E-state index in [4.69, 9.17) is 4.74 Å². The van der Waals surface area contributed by atoms with Gasteiger partial charge in [-0.3, -0.25) is 0 Å². The highest BCUT2D eigenvalue weighted by Crippen LogP contribution is 2.42. The Kier molecular flexibility index (Phi) is 3.36. The van der Waals surface area contributed by atoms with Gasteiger partial charge in [0.25, 0.3) is 0 Å². The third-order valence-electron chi connectivity index (χ3n) is 3.56. The minimum Gasteiger partial charge on any atom is -0.360 e. The van der Waals surface area contributed by atoms with Crippen molar-refractivity contribution >= 4 is 0 Å². The van der Waals surface area contributed by atoms with E-state index in [0.29, 0.717) is 0 Å². The van der Waals surface area contributed by atoms with Gasteiger partial charge in [-0.2, -0.15) is 0 Å². The molecule has 0 aliphatic carbocycles. The summed E-state index contributed by atoms with van der Waals surface area (Å²) in [4.78, 5) is 2.18. The first-order valence-corrected chi connectivity index (χ1v) is 6.69. The van der Waals surface area contributed by atoms with Gasteiger partial charge in [-0.05, 0) is 30.8 Å². The first-order chi connectivity index (χ1) is 9.25. The summed E-state index contributed by atoms with van der Waals surface area (Å²) in [7, 11) is 4.17. The summed E-state index contributed by atoms with van der Waals surface area (Å²) >= 11 is 0. The van der Waals surface area contributed by atoms with Crippen molar-refractivity contribution < 1.29 is 4.74 Å². The van der Waals surface area contributed by atoms with Gasteiger partial charge in [0.2, 0.25) is 0 Å². The van der Waals surface area contributed by atoms with Gasteiger partial charge in [-0.1, -0.05) is 54.6 Å². The molecule has 19 heavy (non-hydrogen) atoms. The van der Waals surface area contributed by atoms with Crippen LogP contribution in [0.2, 0.25) is 0 Å². The van der Waals surface area contributed by atoms with E-state index in [0.717, 1.165) is 6.54 Å². The largest absolute Gasteiger partial charge is 0.360 e. The zero-order valence-corrected chi connectivity index (χ0v) is 11.4. The number of ether oxygens (including phenoxy) is 1. The van der Waals surface area contributed by atoms with Crippen molar-refractivity contribution in [1.29, 1.82) is 0 Å². The minimum absolute atomic E-state index is 0.0716. The van der Waals surface area contributed by atoms with Crippen LogP contribution in [0.1, 0.15) is 28.9 Å². The lowest BCUT2D eigenvalue weighted by Gasteiger charge is -2.18. The van der Waals surface area contributed by atoms with Gasteiger partial charge in [0.15, 0.2) is 0 Å². The van der Waals surface area contributed by atoms with Crippen LogP contribution >= 0.6 is 0 Å². The van der Waals surface area contributed by atoms with Gasteiger partial charge in [-0.15, -0.1) is 0 Å². The van der Waals surface area contributed by atoms with Gasteiger partial charge < -0.3 is 9.64 Å². The van der Waals surface area contributed by atoms with Crippen molar-refractivity contribution in [3.05, 3.63) is 71.3 Å². The smallest absolute Gasteiger partial charge is 0.109 e. The molecule has 2 nitrogen and oxygen atoms in total. The van der Waals surface area contributed by atoms with Crippen LogP contribution in [-0.2, 0) is 4.74 Å². The molecule has 1 heterocycles. The van der Waals surface area contributed by atoms with Gasteiger partial charge >= 0.3 is 0 Å². The van der Waals surface area contributed by atoms with Gasteiger partial charge in [-0.25, -0.2) is 0 Å². The first-order valence-electron chi connectivity index (χ1n) is 6.69. The van der Waals surface area contributed by atoms with Crippen molar-refractivity contribution in [3.63, 3.8) is 0 Å². The first kappa shape index (κ1) is 12.4. The van der Waals surface area contributed by atoms with E-state index in [2.05, 4.69) is 67.5 Å². The van der Waals surface area contributed by atoms with Crippen LogP contribution < -0.4 is 0 Å². The zero-order chi connectivity index (χ0) is 13.2. The molecule has 2 aromatic rings. The lowest BCUT2D eigenvalue weighted by molar-refractivity contribution is 0.0188. The maximum absolute atomic E-state index is 6.29. The molecule has 0 fully saturated rings. The van der Waals surface area contributed by atoms with Crippen molar-refractivity contribution in [2.75, 3.05) is 20.6 Å². The summed E-state index contributed by atoms with van der Waals surface area (Å²) in [5.41, 5.74) is 3.86. The molecule has 0 saturated heterocycles. The molecule has 0 saturated carbocycles. The second-order valence-corrected chi connectivity index (χ2v) is 5.31. The van der Waals surface area contributed by atoms with Crippen LogP contribution in [0.4, 0.5) is 0 Å². The molecule has 1 aliphatic rings. The molecule has 3 rings (SSSR count). The van der Waals surface area contributed by atoms with Crippen LogP contribution in [0.25, 0.3) is 0 Å². The average Bonchev–Trinajstić information content (AvgIpc) is 2.78. The third kappa shape index (κ3) is 2.42. The van der Waals surface area contributed by atoms with Crippen molar-refractivity contribution in [2.24, 2.45) is 0 Å². The normalized spacial score (nSPS) is 21.6. The van der Waals surface area contributed by atoms with Gasteiger partial charge in [0, 0.05) is 6.54 Å². The summed E-state index contributed by atoms with van der Waals surface area (Å²) in [5.74, 6) is 0. The molecule has 0 radical (unpaired) electrons. The summed E-state index contributed by atoms with van der Waals surface area (Å²) in [6.07, 6.45) is 0.235. The highest BCUT2D eigenvalue weighted by molar-refractivity contribution is 5.40. The molecular weight excluding hydrogens is 234 g/mol. The van der Waals surface area contributed by atoms with Crippen LogP contribution in [0.5, 0.6) is 0 Å². The van der Waals surface area contributed by atoms with E-state index in [-0.39, 0.29) is 12.2 Å². The standard InChI is InChI=1S/C17H19NO/c1-18(2)12-16-14-10-6-7-11-15(14)17(19-16)13-8-4-3-5-9-13/h3-11,16-17H,12H2,1-2H3/t16-,17+/m1/s1. The quantitative estimate of drug-likeness (QED) is 0.831. The fourth-order valence-electron chi connectivity index (χ4n) is 2.71. The highest BCUT2D eigenvalue weighted by Gasteiger charge is 2.32. The van der Waals surface area contributed by atoms with Crippen LogP contribution in [0.3, 0.4) is 0 Å². The predicted octanol–water partition coefficient (Wildman–Crippen LogP) is 3.41. The Morgan fingerprint density at radius 1 is 0.895 bits per heavy atom. The molecule has 0 amide bonds. The highest BCUT2D eigenvalue weighted by atomic mass is 16.5. The Labute approximate surface area is 114 Å². The van der Waals surface area contributed by atoms with Crippen LogP contribution in [0.15, 0.2) is 54.6 Å². The molecule has 0 bridgehead atoms. The van der Waals surface area contributed by atoms with Crippen molar-refractivity contribution in [1.82, 2.24) is 4.90 Å². The van der Waals surface area contributed by atoms with Crippen LogP contribution in [0, 0.1) is 0 Å². The SMILES string of the molecule is CN(C)C[C@H]1O[C@@H](c2ccccc2)c2ccccc21. The Morgan fingerprint density at radius 2 is 1.53 bits per heavy atom. The molecule has 0 spiro atoms. The van der Waals surface area contributed by atoms with Gasteiger partial charge in [0.05, 0.1) is 6.10 Å².